The van der Waals surface area contributed by atoms with E-state index in [4.69, 9.17) is 17.3 Å². The first-order valence-electron chi connectivity index (χ1n) is 5.05. The fourth-order valence-electron chi connectivity index (χ4n) is 1.96. The van der Waals surface area contributed by atoms with Crippen LogP contribution in [0, 0.1) is 0 Å². The molecule has 1 aromatic carbocycles. The minimum Gasteiger partial charge on any atom is -0.398 e. The molecule has 3 heteroatoms. The molecule has 0 aromatic heterocycles. The quantitative estimate of drug-likeness (QED) is 0.700. The summed E-state index contributed by atoms with van der Waals surface area (Å²) in [6, 6.07) is 6.08. The molecule has 14 heavy (non-hydrogen) atoms. The molecule has 1 aliphatic rings. The third-order valence-electron chi connectivity index (χ3n) is 2.73. The number of nitrogens with two attached hydrogens (primary N) is 1. The molecular formula is C11H15ClN2. The van der Waals surface area contributed by atoms with Gasteiger partial charge in [0, 0.05) is 16.8 Å². The maximum Gasteiger partial charge on any atom is 0.0410 e. The molecule has 0 saturated carbocycles. The van der Waals surface area contributed by atoms with Crippen LogP contribution < -0.4 is 11.1 Å². The van der Waals surface area contributed by atoms with Gasteiger partial charge in [-0.05, 0) is 43.1 Å². The van der Waals surface area contributed by atoms with Gasteiger partial charge < -0.3 is 11.1 Å². The number of hydrogen-bond donors (Lipinski definition) is 2. The molecular weight excluding hydrogens is 196 g/mol. The van der Waals surface area contributed by atoms with Gasteiger partial charge in [0.1, 0.15) is 0 Å². The third kappa shape index (κ3) is 2.02. The van der Waals surface area contributed by atoms with Gasteiger partial charge in [-0.15, -0.1) is 0 Å². The molecule has 0 amide bonds. The van der Waals surface area contributed by atoms with E-state index in [9.17, 15) is 0 Å². The van der Waals surface area contributed by atoms with Crippen LogP contribution in [0.25, 0.3) is 0 Å². The van der Waals surface area contributed by atoms with Gasteiger partial charge in [0.2, 0.25) is 0 Å². The van der Waals surface area contributed by atoms with Gasteiger partial charge in [-0.3, -0.25) is 0 Å². The molecule has 0 unspecified atom stereocenters. The topological polar surface area (TPSA) is 38.0 Å². The second-order valence-electron chi connectivity index (χ2n) is 3.78. The highest BCUT2D eigenvalue weighted by atomic mass is 35.5. The summed E-state index contributed by atoms with van der Waals surface area (Å²) in [4.78, 5) is 0. The molecule has 2 rings (SSSR count). The van der Waals surface area contributed by atoms with Gasteiger partial charge in [0.15, 0.2) is 0 Å². The summed E-state index contributed by atoms with van der Waals surface area (Å²) < 4.78 is 0. The summed E-state index contributed by atoms with van der Waals surface area (Å²) in [5.41, 5.74) is 7.91. The Hall–Kier alpha value is -0.730. The first-order valence-corrected chi connectivity index (χ1v) is 5.43. The third-order valence-corrected chi connectivity index (χ3v) is 2.97. The van der Waals surface area contributed by atoms with E-state index in [-0.39, 0.29) is 0 Å². The Morgan fingerprint density at radius 1 is 1.36 bits per heavy atom. The molecule has 3 N–H and O–H groups in total. The zero-order valence-corrected chi connectivity index (χ0v) is 8.85. The second-order valence-corrected chi connectivity index (χ2v) is 4.21. The van der Waals surface area contributed by atoms with Gasteiger partial charge in [-0.25, -0.2) is 0 Å². The van der Waals surface area contributed by atoms with E-state index in [0.29, 0.717) is 6.04 Å². The molecule has 2 nitrogen and oxygen atoms in total. The molecule has 1 atom stereocenters. The Morgan fingerprint density at radius 2 is 2.21 bits per heavy atom. The van der Waals surface area contributed by atoms with Crippen molar-refractivity contribution in [2.75, 3.05) is 12.3 Å². The number of hydrogen-bond acceptors (Lipinski definition) is 2. The molecule has 1 fully saturated rings. The minimum atomic E-state index is 0.391. The lowest BCUT2D eigenvalue weighted by molar-refractivity contribution is 0.413. The van der Waals surface area contributed by atoms with Crippen molar-refractivity contribution in [3.05, 3.63) is 28.8 Å². The smallest absolute Gasteiger partial charge is 0.0410 e. The molecule has 1 saturated heterocycles. The molecule has 0 bridgehead atoms. The molecule has 1 aliphatic heterocycles. The molecule has 1 heterocycles. The van der Waals surface area contributed by atoms with Crippen LogP contribution in [0.1, 0.15) is 30.9 Å². The number of benzene rings is 1. The Morgan fingerprint density at radius 3 is 2.93 bits per heavy atom. The summed E-state index contributed by atoms with van der Waals surface area (Å²) in [6.07, 6.45) is 3.69. The molecule has 0 radical (unpaired) electrons. The van der Waals surface area contributed by atoms with Crippen LogP contribution in [0.5, 0.6) is 0 Å². The predicted octanol–water partition coefficient (Wildman–Crippen LogP) is 2.74. The predicted molar refractivity (Wildman–Crippen MR) is 60.5 cm³/mol. The molecule has 0 spiro atoms. The van der Waals surface area contributed by atoms with Crippen molar-refractivity contribution in [3.63, 3.8) is 0 Å². The second kappa shape index (κ2) is 4.20. The molecule has 1 aromatic rings. The van der Waals surface area contributed by atoms with Crippen LogP contribution in [0.4, 0.5) is 5.69 Å². The number of rotatable bonds is 1. The van der Waals surface area contributed by atoms with Crippen molar-refractivity contribution in [3.8, 4) is 0 Å². The van der Waals surface area contributed by atoms with Crippen molar-refractivity contribution in [1.82, 2.24) is 5.32 Å². The molecule has 76 valence electrons. The highest BCUT2D eigenvalue weighted by Crippen LogP contribution is 2.29. The summed E-state index contributed by atoms with van der Waals surface area (Å²) in [6.45, 7) is 1.08. The Labute approximate surface area is 89.4 Å². The Kier molecular flexibility index (Phi) is 2.94. The van der Waals surface area contributed by atoms with Crippen LogP contribution >= 0.6 is 11.6 Å². The maximum atomic E-state index is 5.95. The van der Waals surface area contributed by atoms with E-state index in [1.54, 1.807) is 0 Å². The van der Waals surface area contributed by atoms with Crippen LogP contribution in [-0.2, 0) is 0 Å². The average molecular weight is 211 g/mol. The van der Waals surface area contributed by atoms with E-state index in [2.05, 4.69) is 5.32 Å². The normalized spacial score (nSPS) is 22.2. The van der Waals surface area contributed by atoms with Crippen LogP contribution in [0.15, 0.2) is 18.2 Å². The van der Waals surface area contributed by atoms with Crippen molar-refractivity contribution < 1.29 is 0 Å². The minimum absolute atomic E-state index is 0.391. The van der Waals surface area contributed by atoms with Crippen molar-refractivity contribution in [2.45, 2.75) is 25.3 Å². The fourth-order valence-corrected chi connectivity index (χ4v) is 2.15. The van der Waals surface area contributed by atoms with Gasteiger partial charge in [0.05, 0.1) is 0 Å². The number of anilines is 1. The van der Waals surface area contributed by atoms with E-state index >= 15 is 0 Å². The lowest BCUT2D eigenvalue weighted by Gasteiger charge is -2.25. The first-order chi connectivity index (χ1) is 6.77. The summed E-state index contributed by atoms with van der Waals surface area (Å²) in [7, 11) is 0. The number of piperidine rings is 1. The van der Waals surface area contributed by atoms with Crippen molar-refractivity contribution in [2.24, 2.45) is 0 Å². The number of nitrogen functional groups attached to an aromatic ring is 1. The van der Waals surface area contributed by atoms with Gasteiger partial charge >= 0.3 is 0 Å². The summed E-state index contributed by atoms with van der Waals surface area (Å²) in [5, 5.41) is 4.23. The lowest BCUT2D eigenvalue weighted by Crippen LogP contribution is -2.27. The lowest BCUT2D eigenvalue weighted by atomic mass is 9.96. The number of halogens is 1. The number of nitrogens with one attached hydrogen (secondary N) is 1. The highest BCUT2D eigenvalue weighted by Gasteiger charge is 2.16. The molecule has 0 aliphatic carbocycles. The van der Waals surface area contributed by atoms with Crippen molar-refractivity contribution >= 4 is 17.3 Å². The highest BCUT2D eigenvalue weighted by molar-refractivity contribution is 6.30. The maximum absolute atomic E-state index is 5.95. The van der Waals surface area contributed by atoms with Crippen LogP contribution in [-0.4, -0.2) is 6.54 Å². The van der Waals surface area contributed by atoms with Gasteiger partial charge in [-0.1, -0.05) is 18.0 Å². The summed E-state index contributed by atoms with van der Waals surface area (Å²) >= 11 is 5.95. The zero-order chi connectivity index (χ0) is 9.97. The standard InChI is InChI=1S/C11H15ClN2/c12-8-4-5-10(13)9(7-8)11-3-1-2-6-14-11/h4-5,7,11,14H,1-3,6,13H2/t11-/m1/s1. The van der Waals surface area contributed by atoms with E-state index < -0.39 is 0 Å². The zero-order valence-electron chi connectivity index (χ0n) is 8.09. The average Bonchev–Trinajstić information content (AvgIpc) is 2.23. The Balaban J connectivity index is 2.24. The Bertz CT molecular complexity index is 319. The van der Waals surface area contributed by atoms with E-state index in [0.717, 1.165) is 29.2 Å². The monoisotopic (exact) mass is 210 g/mol. The van der Waals surface area contributed by atoms with Gasteiger partial charge in [0.25, 0.3) is 0 Å². The SMILES string of the molecule is Nc1ccc(Cl)cc1[C@H]1CCCCN1. The first kappa shape index (κ1) is 9.81. The van der Waals surface area contributed by atoms with E-state index in [1.165, 1.54) is 12.8 Å². The van der Waals surface area contributed by atoms with Crippen LogP contribution in [0.3, 0.4) is 0 Å². The fraction of sp³-hybridized carbons (Fsp3) is 0.455. The summed E-state index contributed by atoms with van der Waals surface area (Å²) in [5.74, 6) is 0. The van der Waals surface area contributed by atoms with Crippen LogP contribution in [0.2, 0.25) is 5.02 Å². The largest absolute Gasteiger partial charge is 0.398 e. The van der Waals surface area contributed by atoms with Crippen molar-refractivity contribution in [1.29, 1.82) is 0 Å². The van der Waals surface area contributed by atoms with Gasteiger partial charge in [-0.2, -0.15) is 0 Å². The van der Waals surface area contributed by atoms with E-state index in [1.807, 2.05) is 18.2 Å².